The van der Waals surface area contributed by atoms with Crippen LogP contribution in [0.4, 0.5) is 24.7 Å². The fraction of sp³-hybridized carbons (Fsp3) is 0.421. The Balaban J connectivity index is 2.02. The zero-order valence-corrected chi connectivity index (χ0v) is 18.1. The lowest BCUT2D eigenvalue weighted by atomic mass is 10.1. The summed E-state index contributed by atoms with van der Waals surface area (Å²) in [6.07, 6.45) is -2.33. The largest absolute Gasteiger partial charge is 0.417 e. The molecule has 1 fully saturated rings. The first-order chi connectivity index (χ1) is 14.8. The number of hydrogen-bond donors (Lipinski definition) is 2. The molecule has 9 nitrogen and oxygen atoms in total. The molecule has 1 saturated heterocycles. The number of anilines is 2. The molecule has 0 unspecified atom stereocenters. The topological polar surface area (TPSA) is 128 Å². The van der Waals surface area contributed by atoms with Crippen LogP contribution in [0.3, 0.4) is 0 Å². The number of alkyl halides is 3. The Morgan fingerprint density at radius 3 is 2.66 bits per heavy atom. The van der Waals surface area contributed by atoms with E-state index in [1.165, 1.54) is 6.07 Å². The third kappa shape index (κ3) is 5.72. The highest BCUT2D eigenvalue weighted by Gasteiger charge is 2.34. The summed E-state index contributed by atoms with van der Waals surface area (Å²) < 4.78 is 68.7. The standard InChI is InChI=1S/C19H22F3N5O4S/c1-18(2)11-27(6-3-7-31-18)16-14(8-12(10-25-16)19(20,21)22)17(28)26-13-4-5-24-15(9-13)32(23,29)30/h4-5,8-10H,3,6-7,11H2,1-2H3,(H2,23,29,30)(H,24,26,28). The van der Waals surface area contributed by atoms with E-state index in [0.29, 0.717) is 32.3 Å². The van der Waals surface area contributed by atoms with Gasteiger partial charge in [0.2, 0.25) is 0 Å². The van der Waals surface area contributed by atoms with E-state index in [4.69, 9.17) is 9.88 Å². The van der Waals surface area contributed by atoms with Crippen LogP contribution in [0.2, 0.25) is 0 Å². The van der Waals surface area contributed by atoms with Gasteiger partial charge >= 0.3 is 6.18 Å². The Labute approximate surface area is 182 Å². The first-order valence-corrected chi connectivity index (χ1v) is 11.1. The monoisotopic (exact) mass is 473 g/mol. The molecule has 13 heteroatoms. The lowest BCUT2D eigenvalue weighted by molar-refractivity contribution is -0.137. The van der Waals surface area contributed by atoms with E-state index in [1.807, 2.05) is 13.8 Å². The van der Waals surface area contributed by atoms with Crippen molar-refractivity contribution in [3.05, 3.63) is 41.7 Å². The maximum absolute atomic E-state index is 13.3. The summed E-state index contributed by atoms with van der Waals surface area (Å²) in [6, 6.07) is 3.02. The van der Waals surface area contributed by atoms with Crippen LogP contribution < -0.4 is 15.4 Å². The molecule has 0 spiro atoms. The summed E-state index contributed by atoms with van der Waals surface area (Å²) in [7, 11) is -4.14. The number of sulfonamides is 1. The normalized spacial score (nSPS) is 17.0. The average molecular weight is 473 g/mol. The summed E-state index contributed by atoms with van der Waals surface area (Å²) in [5.41, 5.74) is -2.01. The van der Waals surface area contributed by atoms with Crippen molar-refractivity contribution in [2.24, 2.45) is 5.14 Å². The Hall–Kier alpha value is -2.77. The van der Waals surface area contributed by atoms with Gasteiger partial charge < -0.3 is 15.0 Å². The Morgan fingerprint density at radius 1 is 1.28 bits per heavy atom. The maximum atomic E-state index is 13.3. The van der Waals surface area contributed by atoms with Crippen LogP contribution in [0.25, 0.3) is 0 Å². The molecular formula is C19H22F3N5O4S. The van der Waals surface area contributed by atoms with Crippen molar-refractivity contribution in [2.45, 2.75) is 37.1 Å². The van der Waals surface area contributed by atoms with E-state index in [2.05, 4.69) is 15.3 Å². The van der Waals surface area contributed by atoms with Gasteiger partial charge in [-0.1, -0.05) is 0 Å². The molecule has 2 aromatic heterocycles. The molecule has 0 aromatic carbocycles. The van der Waals surface area contributed by atoms with Gasteiger partial charge in [-0.05, 0) is 32.4 Å². The molecule has 0 bridgehead atoms. The number of amides is 1. The van der Waals surface area contributed by atoms with Crippen LogP contribution >= 0.6 is 0 Å². The first-order valence-electron chi connectivity index (χ1n) is 9.53. The van der Waals surface area contributed by atoms with Gasteiger partial charge in [-0.2, -0.15) is 13.2 Å². The molecule has 2 aromatic rings. The summed E-state index contributed by atoms with van der Waals surface area (Å²) in [5, 5.41) is 6.95. The van der Waals surface area contributed by atoms with Crippen LogP contribution in [-0.2, 0) is 20.9 Å². The molecule has 0 aliphatic carbocycles. The number of nitrogens with one attached hydrogen (secondary N) is 1. The molecule has 0 saturated carbocycles. The highest BCUT2D eigenvalue weighted by molar-refractivity contribution is 7.89. The molecule has 3 N–H and O–H groups in total. The molecule has 174 valence electrons. The van der Waals surface area contributed by atoms with Crippen molar-refractivity contribution in [2.75, 3.05) is 29.9 Å². The van der Waals surface area contributed by atoms with E-state index >= 15 is 0 Å². The van der Waals surface area contributed by atoms with Gasteiger partial charge in [0, 0.05) is 43.8 Å². The number of carbonyl (C=O) groups is 1. The van der Waals surface area contributed by atoms with E-state index in [9.17, 15) is 26.4 Å². The molecule has 0 atom stereocenters. The molecule has 1 amide bonds. The number of nitrogens with zero attached hydrogens (tertiary/aromatic N) is 3. The zero-order valence-electron chi connectivity index (χ0n) is 17.3. The van der Waals surface area contributed by atoms with Gasteiger partial charge in [-0.25, -0.2) is 23.5 Å². The van der Waals surface area contributed by atoms with Crippen LogP contribution in [0.1, 0.15) is 36.2 Å². The Morgan fingerprint density at radius 2 is 2.00 bits per heavy atom. The molecule has 3 heterocycles. The van der Waals surface area contributed by atoms with Crippen molar-refractivity contribution in [1.82, 2.24) is 9.97 Å². The summed E-state index contributed by atoms with van der Waals surface area (Å²) in [4.78, 5) is 22.3. The molecule has 32 heavy (non-hydrogen) atoms. The summed E-state index contributed by atoms with van der Waals surface area (Å²) in [6.45, 7) is 4.85. The smallest absolute Gasteiger partial charge is 0.374 e. The van der Waals surface area contributed by atoms with E-state index < -0.39 is 38.3 Å². The molecule has 3 rings (SSSR count). The summed E-state index contributed by atoms with van der Waals surface area (Å²) in [5.74, 6) is -0.831. The third-order valence-electron chi connectivity index (χ3n) is 4.66. The number of nitrogens with two attached hydrogens (primary N) is 1. The second kappa shape index (κ2) is 8.64. The first kappa shape index (κ1) is 23.9. The number of ether oxygens (including phenoxy) is 1. The van der Waals surface area contributed by atoms with Gasteiger partial charge in [0.15, 0.2) is 5.03 Å². The third-order valence-corrected chi connectivity index (χ3v) is 5.47. The number of rotatable bonds is 4. The minimum Gasteiger partial charge on any atom is -0.374 e. The second-order valence-electron chi connectivity index (χ2n) is 7.86. The Bertz CT molecular complexity index is 1120. The van der Waals surface area contributed by atoms with Crippen LogP contribution in [-0.4, -0.2) is 49.6 Å². The molecular weight excluding hydrogens is 451 g/mol. The minimum atomic E-state index is -4.71. The molecule has 1 aliphatic heterocycles. The van der Waals surface area contributed by atoms with Crippen molar-refractivity contribution >= 4 is 27.4 Å². The lowest BCUT2D eigenvalue weighted by Crippen LogP contribution is -2.39. The summed E-state index contributed by atoms with van der Waals surface area (Å²) >= 11 is 0. The van der Waals surface area contributed by atoms with Gasteiger partial charge in [-0.15, -0.1) is 0 Å². The average Bonchev–Trinajstić information content (AvgIpc) is 2.86. The van der Waals surface area contributed by atoms with Crippen LogP contribution in [0.15, 0.2) is 35.6 Å². The highest BCUT2D eigenvalue weighted by Crippen LogP contribution is 2.33. The predicted octanol–water partition coefficient (Wildman–Crippen LogP) is 2.40. The molecule has 0 radical (unpaired) electrons. The van der Waals surface area contributed by atoms with E-state index in [0.717, 1.165) is 18.3 Å². The maximum Gasteiger partial charge on any atom is 0.417 e. The van der Waals surface area contributed by atoms with Crippen LogP contribution in [0, 0.1) is 0 Å². The fourth-order valence-corrected chi connectivity index (χ4v) is 3.74. The van der Waals surface area contributed by atoms with Crippen molar-refractivity contribution in [3.8, 4) is 0 Å². The quantitative estimate of drug-likeness (QED) is 0.698. The minimum absolute atomic E-state index is 0.00286. The number of pyridine rings is 2. The number of halogens is 3. The Kier molecular flexibility index (Phi) is 6.45. The van der Waals surface area contributed by atoms with Crippen molar-refractivity contribution in [1.29, 1.82) is 0 Å². The van der Waals surface area contributed by atoms with Gasteiger partial charge in [-0.3, -0.25) is 4.79 Å². The second-order valence-corrected chi connectivity index (χ2v) is 9.37. The number of aromatic nitrogens is 2. The number of hydrogen-bond acceptors (Lipinski definition) is 7. The number of primary sulfonamides is 1. The van der Waals surface area contributed by atoms with E-state index in [-0.39, 0.29) is 17.1 Å². The fourth-order valence-electron chi connectivity index (χ4n) is 3.24. The van der Waals surface area contributed by atoms with Crippen molar-refractivity contribution < 1.29 is 31.1 Å². The van der Waals surface area contributed by atoms with Gasteiger partial charge in [0.25, 0.3) is 15.9 Å². The number of carbonyl (C=O) groups excluding carboxylic acids is 1. The van der Waals surface area contributed by atoms with Gasteiger partial charge in [0.1, 0.15) is 5.82 Å². The van der Waals surface area contributed by atoms with Crippen LogP contribution in [0.5, 0.6) is 0 Å². The molecule has 1 aliphatic rings. The zero-order chi connectivity index (χ0) is 23.7. The van der Waals surface area contributed by atoms with Gasteiger partial charge in [0.05, 0.1) is 16.7 Å². The lowest BCUT2D eigenvalue weighted by Gasteiger charge is -2.31. The predicted molar refractivity (Wildman–Crippen MR) is 110 cm³/mol. The van der Waals surface area contributed by atoms with E-state index in [1.54, 1.807) is 4.90 Å². The van der Waals surface area contributed by atoms with Crippen molar-refractivity contribution in [3.63, 3.8) is 0 Å². The SMILES string of the molecule is CC1(C)CN(c2ncc(C(F)(F)F)cc2C(=O)Nc2ccnc(S(N)(=O)=O)c2)CCCO1. The highest BCUT2D eigenvalue weighted by atomic mass is 32.2.